The molecule has 3 aromatic carbocycles. The molecule has 2 amide bonds. The minimum absolute atomic E-state index is 0.0158. The number of para-hydroxylation sites is 1. The quantitative estimate of drug-likeness (QED) is 0.0847. The number of amidine groups is 1. The van der Waals surface area contributed by atoms with E-state index in [0.717, 1.165) is 11.1 Å². The number of nitrogens with one attached hydrogen (secondary N) is 4. The standard InChI is InChI=1S/C27H30N6O6S/c28-26(29)21-13-10-20(11-14-21)16-30-25(34)17-31-27(35)23(15-12-19-6-2-1-3-7-19)32-40(38,39)18-22-8-4-5-9-24(22)33(36)37/h1-11,13-14,23,32H,12,15-18H2,(H3,28,29)(H,30,34)(H,31,35)/t23-/m1/s1. The first-order chi connectivity index (χ1) is 19.0. The van der Waals surface area contributed by atoms with Gasteiger partial charge in [0.25, 0.3) is 5.69 Å². The van der Waals surface area contributed by atoms with Crippen LogP contribution in [0.15, 0.2) is 78.9 Å². The molecule has 0 aliphatic rings. The number of carbonyl (C=O) groups is 2. The van der Waals surface area contributed by atoms with Crippen LogP contribution in [0.5, 0.6) is 0 Å². The number of hydrogen-bond donors (Lipinski definition) is 5. The summed E-state index contributed by atoms with van der Waals surface area (Å²) in [5.74, 6) is -1.96. The van der Waals surface area contributed by atoms with Crippen molar-refractivity contribution >= 4 is 33.4 Å². The minimum atomic E-state index is -4.17. The molecular weight excluding hydrogens is 536 g/mol. The molecule has 6 N–H and O–H groups in total. The van der Waals surface area contributed by atoms with Gasteiger partial charge in [-0.05, 0) is 24.0 Å². The second-order valence-corrected chi connectivity index (χ2v) is 10.7. The molecule has 0 aliphatic carbocycles. The fraction of sp³-hybridized carbons (Fsp3) is 0.222. The normalized spacial score (nSPS) is 11.8. The average molecular weight is 567 g/mol. The third-order valence-corrected chi connectivity index (χ3v) is 7.25. The van der Waals surface area contributed by atoms with Crippen LogP contribution in [0.3, 0.4) is 0 Å². The molecule has 3 aromatic rings. The van der Waals surface area contributed by atoms with Crippen LogP contribution in [-0.4, -0.2) is 43.6 Å². The molecule has 0 saturated heterocycles. The summed E-state index contributed by atoms with van der Waals surface area (Å²) in [6, 6.07) is 20.1. The second-order valence-electron chi connectivity index (χ2n) is 8.94. The smallest absolute Gasteiger partial charge is 0.273 e. The lowest BCUT2D eigenvalue weighted by molar-refractivity contribution is -0.385. The predicted molar refractivity (Wildman–Crippen MR) is 150 cm³/mol. The van der Waals surface area contributed by atoms with Gasteiger partial charge in [0, 0.05) is 23.7 Å². The average Bonchev–Trinajstić information content (AvgIpc) is 2.93. The van der Waals surface area contributed by atoms with Gasteiger partial charge in [-0.25, -0.2) is 13.1 Å². The SMILES string of the molecule is N=C(N)c1ccc(CNC(=O)CNC(=O)[C@@H](CCc2ccccc2)NS(=O)(=O)Cc2ccccc2[N+](=O)[O-])cc1. The molecule has 1 atom stereocenters. The van der Waals surface area contributed by atoms with E-state index in [0.29, 0.717) is 12.0 Å². The van der Waals surface area contributed by atoms with E-state index in [1.54, 1.807) is 24.3 Å². The molecule has 0 bridgehead atoms. The Balaban J connectivity index is 1.63. The maximum atomic E-state index is 13.0. The molecule has 0 saturated carbocycles. The van der Waals surface area contributed by atoms with E-state index in [4.69, 9.17) is 11.1 Å². The van der Waals surface area contributed by atoms with Crippen molar-refractivity contribution < 1.29 is 22.9 Å². The summed E-state index contributed by atoms with van der Waals surface area (Å²) in [4.78, 5) is 36.0. The van der Waals surface area contributed by atoms with Gasteiger partial charge >= 0.3 is 0 Å². The van der Waals surface area contributed by atoms with E-state index >= 15 is 0 Å². The molecule has 0 radical (unpaired) electrons. The molecule has 13 heteroatoms. The van der Waals surface area contributed by atoms with Crippen molar-refractivity contribution in [1.29, 1.82) is 5.41 Å². The molecule has 0 fully saturated rings. The fourth-order valence-corrected chi connectivity index (χ4v) is 5.22. The Morgan fingerprint density at radius 1 is 0.925 bits per heavy atom. The van der Waals surface area contributed by atoms with Crippen LogP contribution in [0.25, 0.3) is 0 Å². The van der Waals surface area contributed by atoms with E-state index in [1.807, 2.05) is 30.3 Å². The topological polar surface area (TPSA) is 197 Å². The lowest BCUT2D eigenvalue weighted by Gasteiger charge is -2.19. The number of amides is 2. The molecule has 0 aliphatic heterocycles. The van der Waals surface area contributed by atoms with Crippen molar-refractivity contribution in [2.24, 2.45) is 5.73 Å². The highest BCUT2D eigenvalue weighted by molar-refractivity contribution is 7.88. The first-order valence-corrected chi connectivity index (χ1v) is 13.9. The zero-order valence-corrected chi connectivity index (χ0v) is 22.3. The third kappa shape index (κ3) is 9.29. The van der Waals surface area contributed by atoms with E-state index < -0.39 is 45.1 Å². The summed E-state index contributed by atoms with van der Waals surface area (Å²) >= 11 is 0. The van der Waals surface area contributed by atoms with Crippen molar-refractivity contribution in [2.45, 2.75) is 31.2 Å². The Morgan fingerprint density at radius 2 is 1.57 bits per heavy atom. The summed E-state index contributed by atoms with van der Waals surface area (Å²) in [6.45, 7) is -0.217. The Hall–Kier alpha value is -4.62. The minimum Gasteiger partial charge on any atom is -0.384 e. The van der Waals surface area contributed by atoms with Crippen LogP contribution in [0.4, 0.5) is 5.69 Å². The Kier molecular flexibility index (Phi) is 10.4. The van der Waals surface area contributed by atoms with Crippen LogP contribution < -0.4 is 21.1 Å². The molecular formula is C27H30N6O6S. The van der Waals surface area contributed by atoms with Gasteiger partial charge in [0.05, 0.1) is 17.2 Å². The summed E-state index contributed by atoms with van der Waals surface area (Å²) in [5, 5.41) is 23.8. The molecule has 12 nitrogen and oxygen atoms in total. The molecule has 0 aromatic heterocycles. The second kappa shape index (κ2) is 14.0. The maximum Gasteiger partial charge on any atom is 0.273 e. The Labute approximate surface area is 231 Å². The largest absolute Gasteiger partial charge is 0.384 e. The number of nitrogens with two attached hydrogens (primary N) is 1. The van der Waals surface area contributed by atoms with Crippen LogP contribution in [0, 0.1) is 15.5 Å². The highest BCUT2D eigenvalue weighted by atomic mass is 32.2. The van der Waals surface area contributed by atoms with Crippen LogP contribution in [0.1, 0.15) is 28.7 Å². The van der Waals surface area contributed by atoms with Gasteiger partial charge in [-0.15, -0.1) is 0 Å². The number of benzene rings is 3. The van der Waals surface area contributed by atoms with Gasteiger partial charge in [-0.3, -0.25) is 25.1 Å². The number of carbonyl (C=O) groups excluding carboxylic acids is 2. The zero-order valence-electron chi connectivity index (χ0n) is 21.5. The van der Waals surface area contributed by atoms with Crippen molar-refractivity contribution in [1.82, 2.24) is 15.4 Å². The molecule has 0 unspecified atom stereocenters. The number of sulfonamides is 1. The Morgan fingerprint density at radius 3 is 2.23 bits per heavy atom. The van der Waals surface area contributed by atoms with Crippen molar-refractivity contribution in [3.63, 3.8) is 0 Å². The summed E-state index contributed by atoms with van der Waals surface area (Å²) in [5.41, 5.74) is 7.26. The molecule has 3 rings (SSSR count). The number of nitrogen functional groups attached to an aromatic ring is 1. The van der Waals surface area contributed by atoms with Crippen LogP contribution >= 0.6 is 0 Å². The monoisotopic (exact) mass is 566 g/mol. The number of aryl methyl sites for hydroxylation is 1. The van der Waals surface area contributed by atoms with E-state index in [-0.39, 0.29) is 30.1 Å². The number of rotatable bonds is 14. The van der Waals surface area contributed by atoms with Crippen molar-refractivity contribution in [3.05, 3.63) is 111 Å². The highest BCUT2D eigenvalue weighted by Gasteiger charge is 2.27. The maximum absolute atomic E-state index is 13.0. The predicted octanol–water partition coefficient (Wildman–Crippen LogP) is 1.73. The number of nitro benzene ring substituents is 1. The first kappa shape index (κ1) is 29.9. The van der Waals surface area contributed by atoms with Gasteiger partial charge < -0.3 is 16.4 Å². The fourth-order valence-electron chi connectivity index (χ4n) is 3.83. The van der Waals surface area contributed by atoms with Crippen molar-refractivity contribution in [3.8, 4) is 0 Å². The summed E-state index contributed by atoms with van der Waals surface area (Å²) in [6.07, 6.45) is 0.464. The number of nitrogens with zero attached hydrogens (tertiary/aromatic N) is 1. The Bertz CT molecular complexity index is 1460. The zero-order chi connectivity index (χ0) is 29.1. The highest BCUT2D eigenvalue weighted by Crippen LogP contribution is 2.20. The van der Waals surface area contributed by atoms with Gasteiger partial charge in [0.1, 0.15) is 11.9 Å². The summed E-state index contributed by atoms with van der Waals surface area (Å²) in [7, 11) is -4.17. The molecule has 0 heterocycles. The lowest BCUT2D eigenvalue weighted by atomic mass is 10.1. The molecule has 40 heavy (non-hydrogen) atoms. The van der Waals surface area contributed by atoms with Gasteiger partial charge in [-0.1, -0.05) is 72.8 Å². The lowest BCUT2D eigenvalue weighted by Crippen LogP contribution is -2.49. The van der Waals surface area contributed by atoms with Crippen molar-refractivity contribution in [2.75, 3.05) is 6.54 Å². The van der Waals surface area contributed by atoms with Gasteiger partial charge in [0.15, 0.2) is 0 Å². The van der Waals surface area contributed by atoms with Gasteiger partial charge in [-0.2, -0.15) is 0 Å². The molecule has 0 spiro atoms. The number of hydrogen-bond acceptors (Lipinski definition) is 7. The number of nitro groups is 1. The molecule has 210 valence electrons. The first-order valence-electron chi connectivity index (χ1n) is 12.3. The van der Waals surface area contributed by atoms with Gasteiger partial charge in [0.2, 0.25) is 21.8 Å². The summed E-state index contributed by atoms with van der Waals surface area (Å²) < 4.78 is 28.3. The van der Waals surface area contributed by atoms with E-state index in [2.05, 4.69) is 15.4 Å². The van der Waals surface area contributed by atoms with E-state index in [1.165, 1.54) is 24.3 Å². The van der Waals surface area contributed by atoms with Crippen LogP contribution in [-0.2, 0) is 38.3 Å². The van der Waals surface area contributed by atoms with E-state index in [9.17, 15) is 28.1 Å². The third-order valence-electron chi connectivity index (χ3n) is 5.91. The van der Waals surface area contributed by atoms with Crippen LogP contribution in [0.2, 0.25) is 0 Å².